The van der Waals surface area contributed by atoms with Gasteiger partial charge in [-0.1, -0.05) is 25.5 Å². The molecule has 1 rings (SSSR count). The van der Waals surface area contributed by atoms with E-state index in [1.807, 2.05) is 0 Å². The summed E-state index contributed by atoms with van der Waals surface area (Å²) < 4.78 is 5.13. The highest BCUT2D eigenvalue weighted by Gasteiger charge is 2.17. The van der Waals surface area contributed by atoms with Crippen molar-refractivity contribution in [3.8, 4) is 0 Å². The summed E-state index contributed by atoms with van der Waals surface area (Å²) in [5.41, 5.74) is 1.57. The fourth-order valence-corrected chi connectivity index (χ4v) is 2.72. The molecule has 1 aliphatic rings. The molecule has 3 atom stereocenters. The van der Waals surface area contributed by atoms with Crippen molar-refractivity contribution in [3.05, 3.63) is 11.6 Å². The molecule has 0 aliphatic heterocycles. The molecule has 0 radical (unpaired) electrons. The lowest BCUT2D eigenvalue weighted by Gasteiger charge is -2.26. The first-order chi connectivity index (χ1) is 7.61. The standard InChI is InChI=1S/C14H27NO/c1-11-5-12(2)7-14(6-11)9-15-8-13(3)10-16-4/h5,11,13-15H,6-10H2,1-4H3. The molecule has 0 saturated carbocycles. The zero-order valence-electron chi connectivity index (χ0n) is 11.3. The molecule has 0 heterocycles. The number of nitrogens with one attached hydrogen (secondary N) is 1. The highest BCUT2D eigenvalue weighted by Crippen LogP contribution is 2.27. The molecule has 3 unspecified atom stereocenters. The predicted molar refractivity (Wildman–Crippen MR) is 69.6 cm³/mol. The van der Waals surface area contributed by atoms with Gasteiger partial charge in [0.25, 0.3) is 0 Å². The second kappa shape index (κ2) is 7.08. The van der Waals surface area contributed by atoms with E-state index in [-0.39, 0.29) is 0 Å². The minimum atomic E-state index is 0.614. The van der Waals surface area contributed by atoms with Gasteiger partial charge >= 0.3 is 0 Å². The van der Waals surface area contributed by atoms with E-state index in [2.05, 4.69) is 32.2 Å². The summed E-state index contributed by atoms with van der Waals surface area (Å²) in [4.78, 5) is 0. The van der Waals surface area contributed by atoms with Crippen molar-refractivity contribution in [2.45, 2.75) is 33.6 Å². The summed E-state index contributed by atoms with van der Waals surface area (Å²) >= 11 is 0. The molecule has 0 aromatic carbocycles. The first-order valence-corrected chi connectivity index (χ1v) is 6.48. The van der Waals surface area contributed by atoms with Gasteiger partial charge in [0.15, 0.2) is 0 Å². The lowest BCUT2D eigenvalue weighted by Crippen LogP contribution is -2.30. The van der Waals surface area contributed by atoms with Crippen LogP contribution in [-0.2, 0) is 4.74 Å². The van der Waals surface area contributed by atoms with Crippen LogP contribution in [0.25, 0.3) is 0 Å². The molecule has 0 bridgehead atoms. The third-order valence-electron chi connectivity index (χ3n) is 3.26. The average molecular weight is 225 g/mol. The summed E-state index contributed by atoms with van der Waals surface area (Å²) in [7, 11) is 1.77. The predicted octanol–water partition coefficient (Wildman–Crippen LogP) is 2.85. The minimum absolute atomic E-state index is 0.614. The van der Waals surface area contributed by atoms with Gasteiger partial charge in [0.05, 0.1) is 0 Å². The molecule has 2 heteroatoms. The second-order valence-electron chi connectivity index (χ2n) is 5.51. The molecular formula is C14H27NO. The van der Waals surface area contributed by atoms with Gasteiger partial charge in [-0.15, -0.1) is 0 Å². The quantitative estimate of drug-likeness (QED) is 0.702. The Morgan fingerprint density at radius 2 is 2.31 bits per heavy atom. The maximum Gasteiger partial charge on any atom is 0.0499 e. The summed E-state index contributed by atoms with van der Waals surface area (Å²) in [6, 6.07) is 0. The monoisotopic (exact) mass is 225 g/mol. The van der Waals surface area contributed by atoms with Crippen LogP contribution in [0.2, 0.25) is 0 Å². The van der Waals surface area contributed by atoms with E-state index in [4.69, 9.17) is 4.74 Å². The van der Waals surface area contributed by atoms with E-state index in [1.165, 1.54) is 12.8 Å². The largest absolute Gasteiger partial charge is 0.384 e. The molecular weight excluding hydrogens is 198 g/mol. The van der Waals surface area contributed by atoms with Crippen LogP contribution in [0, 0.1) is 17.8 Å². The second-order valence-corrected chi connectivity index (χ2v) is 5.51. The number of ether oxygens (including phenoxy) is 1. The average Bonchev–Trinajstić information content (AvgIpc) is 2.16. The third-order valence-corrected chi connectivity index (χ3v) is 3.26. The fraction of sp³-hybridized carbons (Fsp3) is 0.857. The Bertz CT molecular complexity index is 225. The molecule has 1 N–H and O–H groups in total. The van der Waals surface area contributed by atoms with Crippen LogP contribution in [-0.4, -0.2) is 26.8 Å². The Labute approximate surface area is 100 Å². The smallest absolute Gasteiger partial charge is 0.0499 e. The van der Waals surface area contributed by atoms with Gasteiger partial charge in [-0.25, -0.2) is 0 Å². The van der Waals surface area contributed by atoms with Crippen molar-refractivity contribution in [2.24, 2.45) is 17.8 Å². The molecule has 94 valence electrons. The molecule has 0 aromatic heterocycles. The zero-order valence-corrected chi connectivity index (χ0v) is 11.3. The Hall–Kier alpha value is -0.340. The summed E-state index contributed by atoms with van der Waals surface area (Å²) in [5, 5.41) is 3.57. The Balaban J connectivity index is 2.16. The first kappa shape index (κ1) is 13.7. The van der Waals surface area contributed by atoms with E-state index in [0.29, 0.717) is 5.92 Å². The van der Waals surface area contributed by atoms with Crippen LogP contribution in [0.4, 0.5) is 0 Å². The van der Waals surface area contributed by atoms with Crippen molar-refractivity contribution in [1.29, 1.82) is 0 Å². The maximum atomic E-state index is 5.13. The topological polar surface area (TPSA) is 21.3 Å². The summed E-state index contributed by atoms with van der Waals surface area (Å²) in [6.07, 6.45) is 5.03. The van der Waals surface area contributed by atoms with Gasteiger partial charge in [0.2, 0.25) is 0 Å². The van der Waals surface area contributed by atoms with Gasteiger partial charge in [-0.2, -0.15) is 0 Å². The van der Waals surface area contributed by atoms with E-state index < -0.39 is 0 Å². The van der Waals surface area contributed by atoms with Crippen LogP contribution in [0.15, 0.2) is 11.6 Å². The maximum absolute atomic E-state index is 5.13. The number of hydrogen-bond donors (Lipinski definition) is 1. The third kappa shape index (κ3) is 5.13. The Kier molecular flexibility index (Phi) is 6.07. The summed E-state index contributed by atoms with van der Waals surface area (Å²) in [6.45, 7) is 9.89. The van der Waals surface area contributed by atoms with Crippen LogP contribution >= 0.6 is 0 Å². The Morgan fingerprint density at radius 3 is 2.94 bits per heavy atom. The molecule has 0 amide bonds. The molecule has 16 heavy (non-hydrogen) atoms. The van der Waals surface area contributed by atoms with E-state index >= 15 is 0 Å². The molecule has 1 aliphatic carbocycles. The van der Waals surface area contributed by atoms with Crippen molar-refractivity contribution in [1.82, 2.24) is 5.32 Å². The number of methoxy groups -OCH3 is 1. The van der Waals surface area contributed by atoms with Crippen molar-refractivity contribution in [3.63, 3.8) is 0 Å². The van der Waals surface area contributed by atoms with Crippen LogP contribution in [0.3, 0.4) is 0 Å². The highest BCUT2D eigenvalue weighted by molar-refractivity contribution is 5.06. The van der Waals surface area contributed by atoms with Crippen molar-refractivity contribution in [2.75, 3.05) is 26.8 Å². The van der Waals surface area contributed by atoms with Crippen LogP contribution in [0.1, 0.15) is 33.6 Å². The van der Waals surface area contributed by atoms with Gasteiger partial charge in [0.1, 0.15) is 0 Å². The minimum Gasteiger partial charge on any atom is -0.384 e. The molecule has 0 aromatic rings. The van der Waals surface area contributed by atoms with Gasteiger partial charge < -0.3 is 10.1 Å². The summed E-state index contributed by atoms with van der Waals surface area (Å²) in [5.74, 6) is 2.20. The van der Waals surface area contributed by atoms with E-state index in [1.54, 1.807) is 12.7 Å². The molecule has 2 nitrogen and oxygen atoms in total. The van der Waals surface area contributed by atoms with Crippen molar-refractivity contribution >= 4 is 0 Å². The number of allylic oxidation sites excluding steroid dienone is 2. The molecule has 0 spiro atoms. The van der Waals surface area contributed by atoms with Crippen LogP contribution < -0.4 is 5.32 Å². The van der Waals surface area contributed by atoms with Gasteiger partial charge in [-0.3, -0.25) is 0 Å². The normalized spacial score (nSPS) is 27.6. The van der Waals surface area contributed by atoms with Gasteiger partial charge in [0, 0.05) is 13.7 Å². The number of hydrogen-bond acceptors (Lipinski definition) is 2. The van der Waals surface area contributed by atoms with Crippen LogP contribution in [0.5, 0.6) is 0 Å². The van der Waals surface area contributed by atoms with E-state index in [0.717, 1.165) is 31.5 Å². The lowest BCUT2D eigenvalue weighted by molar-refractivity contribution is 0.157. The number of rotatable bonds is 6. The molecule has 0 fully saturated rings. The Morgan fingerprint density at radius 1 is 1.56 bits per heavy atom. The first-order valence-electron chi connectivity index (χ1n) is 6.48. The van der Waals surface area contributed by atoms with E-state index in [9.17, 15) is 0 Å². The van der Waals surface area contributed by atoms with Gasteiger partial charge in [-0.05, 0) is 50.6 Å². The lowest BCUT2D eigenvalue weighted by atomic mass is 9.84. The molecule has 0 saturated heterocycles. The zero-order chi connectivity index (χ0) is 12.0. The SMILES string of the molecule is COCC(C)CNCC1CC(C)=CC(C)C1. The van der Waals surface area contributed by atoms with Crippen molar-refractivity contribution < 1.29 is 4.74 Å². The highest BCUT2D eigenvalue weighted by atomic mass is 16.5. The fourth-order valence-electron chi connectivity index (χ4n) is 2.72.